The second kappa shape index (κ2) is 3.68. The first kappa shape index (κ1) is 10.4. The Hall–Kier alpha value is -0.620. The van der Waals surface area contributed by atoms with Crippen LogP contribution in [0.2, 0.25) is 0 Å². The third-order valence-electron chi connectivity index (χ3n) is 2.63. The van der Waals surface area contributed by atoms with E-state index in [1.165, 1.54) is 0 Å². The zero-order valence-electron chi connectivity index (χ0n) is 8.10. The molecule has 2 heteroatoms. The quantitative estimate of drug-likeness (QED) is 0.607. The van der Waals surface area contributed by atoms with Crippen molar-refractivity contribution >= 4 is 6.01 Å². The van der Waals surface area contributed by atoms with E-state index in [2.05, 4.69) is 45.6 Å². The summed E-state index contributed by atoms with van der Waals surface area (Å²) in [5.74, 6) is 0.917. The van der Waals surface area contributed by atoms with Crippen LogP contribution in [-0.4, -0.2) is 11.5 Å². The highest BCUT2D eigenvalue weighted by Gasteiger charge is 2.30. The minimum absolute atomic E-state index is 0.123. The Labute approximate surface area is 69.2 Å². The Morgan fingerprint density at radius 3 is 1.64 bits per heavy atom. The van der Waals surface area contributed by atoms with E-state index < -0.39 is 0 Å². The van der Waals surface area contributed by atoms with Gasteiger partial charge in [-0.05, 0) is 18.8 Å². The molecule has 64 valence electrons. The zero-order chi connectivity index (χ0) is 9.07. The predicted octanol–water partition coefficient (Wildman–Crippen LogP) is 2.81. The summed E-state index contributed by atoms with van der Waals surface area (Å²) >= 11 is 0. The van der Waals surface area contributed by atoms with E-state index >= 15 is 0 Å². The third-order valence-corrected chi connectivity index (χ3v) is 2.63. The molecule has 0 atom stereocenters. The summed E-state index contributed by atoms with van der Waals surface area (Å²) in [7, 11) is 0. The molecular weight excluding hydrogens is 136 g/mol. The lowest BCUT2D eigenvalue weighted by Crippen LogP contribution is -2.34. The molecule has 0 amide bonds. The molecule has 0 saturated heterocycles. The number of hydrogen-bond acceptors (Lipinski definition) is 2. The van der Waals surface area contributed by atoms with E-state index in [0.29, 0.717) is 11.8 Å². The van der Waals surface area contributed by atoms with Gasteiger partial charge in [-0.2, -0.15) is 0 Å². The summed E-state index contributed by atoms with van der Waals surface area (Å²) in [6.45, 7) is 10.6. The minimum atomic E-state index is -0.123. The van der Waals surface area contributed by atoms with E-state index in [-0.39, 0.29) is 5.54 Å². The summed E-state index contributed by atoms with van der Waals surface area (Å²) in [5, 5.41) is 6.83. The van der Waals surface area contributed by atoms with E-state index in [9.17, 15) is 0 Å². The van der Waals surface area contributed by atoms with E-state index in [0.717, 1.165) is 0 Å². The van der Waals surface area contributed by atoms with Crippen molar-refractivity contribution in [3.05, 3.63) is 0 Å². The molecule has 0 aromatic carbocycles. The van der Waals surface area contributed by atoms with Crippen molar-refractivity contribution in [2.75, 3.05) is 0 Å². The standard InChI is InChI=1S/C9H18N2/c1-7(2)9(5,8(3)4)11-6-10/h7-8,10H,1-5H3. The maximum absolute atomic E-state index is 6.83. The second-order valence-electron chi connectivity index (χ2n) is 3.76. The summed E-state index contributed by atoms with van der Waals surface area (Å²) < 4.78 is 0. The van der Waals surface area contributed by atoms with Gasteiger partial charge in [0.15, 0.2) is 0 Å². The average molecular weight is 154 g/mol. The van der Waals surface area contributed by atoms with Crippen LogP contribution in [0.25, 0.3) is 0 Å². The van der Waals surface area contributed by atoms with Crippen LogP contribution in [0.4, 0.5) is 0 Å². The summed E-state index contributed by atoms with van der Waals surface area (Å²) in [6.07, 6.45) is 0. The Bertz CT molecular complexity index is 156. The number of nitrogens with one attached hydrogen (secondary N) is 1. The van der Waals surface area contributed by atoms with Crippen molar-refractivity contribution in [3.63, 3.8) is 0 Å². The average Bonchev–Trinajstić information content (AvgIpc) is 1.87. The van der Waals surface area contributed by atoms with Crippen LogP contribution in [0.5, 0.6) is 0 Å². The van der Waals surface area contributed by atoms with Crippen LogP contribution >= 0.6 is 0 Å². The number of nitrogens with zero attached hydrogens (tertiary/aromatic N) is 1. The van der Waals surface area contributed by atoms with Gasteiger partial charge in [-0.25, -0.2) is 10.4 Å². The molecule has 0 radical (unpaired) electrons. The van der Waals surface area contributed by atoms with Crippen LogP contribution in [0.3, 0.4) is 0 Å². The largest absolute Gasteiger partial charge is 0.242 e. The topological polar surface area (TPSA) is 36.2 Å². The molecule has 2 nitrogen and oxygen atoms in total. The molecule has 0 aliphatic rings. The van der Waals surface area contributed by atoms with Gasteiger partial charge >= 0.3 is 0 Å². The van der Waals surface area contributed by atoms with E-state index in [1.807, 2.05) is 0 Å². The molecule has 0 fully saturated rings. The molecule has 0 saturated carbocycles. The Morgan fingerprint density at radius 1 is 1.18 bits per heavy atom. The lowest BCUT2D eigenvalue weighted by molar-refractivity contribution is 0.254. The van der Waals surface area contributed by atoms with Gasteiger partial charge in [0.1, 0.15) is 0 Å². The van der Waals surface area contributed by atoms with Gasteiger partial charge in [-0.15, -0.1) is 0 Å². The van der Waals surface area contributed by atoms with Gasteiger partial charge in [-0.3, -0.25) is 0 Å². The smallest absolute Gasteiger partial charge is 0.0867 e. The van der Waals surface area contributed by atoms with Gasteiger partial charge in [0, 0.05) is 0 Å². The number of rotatable bonds is 3. The highest BCUT2D eigenvalue weighted by atomic mass is 14.9. The minimum Gasteiger partial charge on any atom is -0.242 e. The fourth-order valence-corrected chi connectivity index (χ4v) is 1.05. The Kier molecular flexibility index (Phi) is 3.47. The summed E-state index contributed by atoms with van der Waals surface area (Å²) in [4.78, 5) is 4.07. The lowest BCUT2D eigenvalue weighted by Gasteiger charge is -2.32. The normalized spacial score (nSPS) is 11.9. The van der Waals surface area contributed by atoms with Crippen molar-refractivity contribution in [1.29, 1.82) is 5.41 Å². The summed E-state index contributed by atoms with van der Waals surface area (Å²) in [5.41, 5.74) is -0.123. The van der Waals surface area contributed by atoms with Crippen LogP contribution < -0.4 is 0 Å². The predicted molar refractivity (Wildman–Crippen MR) is 48.2 cm³/mol. The van der Waals surface area contributed by atoms with Gasteiger partial charge in [0.2, 0.25) is 0 Å². The molecule has 0 rings (SSSR count). The fraction of sp³-hybridized carbons (Fsp3) is 0.889. The maximum Gasteiger partial charge on any atom is 0.0867 e. The fourth-order valence-electron chi connectivity index (χ4n) is 1.05. The third kappa shape index (κ3) is 2.16. The highest BCUT2D eigenvalue weighted by molar-refractivity contribution is 5.37. The van der Waals surface area contributed by atoms with Gasteiger partial charge in [-0.1, -0.05) is 27.7 Å². The first-order valence-corrected chi connectivity index (χ1v) is 4.08. The first-order valence-electron chi connectivity index (χ1n) is 4.08. The van der Waals surface area contributed by atoms with Gasteiger partial charge in [0.05, 0.1) is 11.5 Å². The van der Waals surface area contributed by atoms with E-state index in [1.54, 1.807) is 0 Å². The van der Waals surface area contributed by atoms with Crippen LogP contribution in [0, 0.1) is 17.2 Å². The second-order valence-corrected chi connectivity index (χ2v) is 3.76. The summed E-state index contributed by atoms with van der Waals surface area (Å²) in [6, 6.07) is 2.15. The Morgan fingerprint density at radius 2 is 1.55 bits per heavy atom. The molecule has 0 aromatic rings. The first-order chi connectivity index (χ1) is 4.95. The zero-order valence-corrected chi connectivity index (χ0v) is 8.10. The molecule has 0 unspecified atom stereocenters. The van der Waals surface area contributed by atoms with Crippen LogP contribution in [0.1, 0.15) is 34.6 Å². The molecule has 0 aromatic heterocycles. The van der Waals surface area contributed by atoms with Gasteiger partial charge < -0.3 is 0 Å². The van der Waals surface area contributed by atoms with Crippen LogP contribution in [0.15, 0.2) is 4.99 Å². The number of hydrogen-bond donors (Lipinski definition) is 1. The monoisotopic (exact) mass is 154 g/mol. The highest BCUT2D eigenvalue weighted by Crippen LogP contribution is 2.29. The Balaban J connectivity index is 4.66. The van der Waals surface area contributed by atoms with Crippen molar-refractivity contribution in [2.24, 2.45) is 16.8 Å². The van der Waals surface area contributed by atoms with Crippen molar-refractivity contribution < 1.29 is 0 Å². The molecule has 11 heavy (non-hydrogen) atoms. The molecule has 1 N–H and O–H groups in total. The van der Waals surface area contributed by atoms with Crippen LogP contribution in [-0.2, 0) is 0 Å². The maximum atomic E-state index is 6.83. The van der Waals surface area contributed by atoms with Crippen molar-refractivity contribution in [2.45, 2.75) is 40.2 Å². The van der Waals surface area contributed by atoms with Gasteiger partial charge in [0.25, 0.3) is 0 Å². The number of aliphatic imine (C=N–C) groups is 1. The SMILES string of the molecule is CC(C)C(C)(N=C=N)C(C)C. The molecular formula is C9H18N2. The molecule has 0 bridgehead atoms. The van der Waals surface area contributed by atoms with E-state index in [4.69, 9.17) is 5.41 Å². The van der Waals surface area contributed by atoms with Crippen molar-refractivity contribution in [3.8, 4) is 0 Å². The lowest BCUT2D eigenvalue weighted by atomic mass is 9.79. The molecule has 0 aliphatic carbocycles. The molecule has 0 spiro atoms. The molecule has 0 aliphatic heterocycles. The van der Waals surface area contributed by atoms with Crippen molar-refractivity contribution in [1.82, 2.24) is 0 Å². The molecule has 0 heterocycles.